The summed E-state index contributed by atoms with van der Waals surface area (Å²) in [6, 6.07) is 7.07. The van der Waals surface area contributed by atoms with E-state index in [2.05, 4.69) is 9.89 Å². The van der Waals surface area contributed by atoms with Gasteiger partial charge in [0.2, 0.25) is 0 Å². The standard InChI is InChI=1S/C14H14N2O6/c1-8(13(18)15-14(19)20-2)21-12(17)7-10-9-5-3-4-6-11(9)22-16-10/h3-6,8H,7H2,1-2H3,(H,15,18,19)/t8-/m0/s1. The fraction of sp³-hybridized carbons (Fsp3) is 0.286. The second-order valence-corrected chi connectivity index (χ2v) is 4.42. The van der Waals surface area contributed by atoms with Gasteiger partial charge in [-0.1, -0.05) is 17.3 Å². The fourth-order valence-electron chi connectivity index (χ4n) is 1.75. The minimum absolute atomic E-state index is 0.146. The number of esters is 1. The molecule has 0 radical (unpaired) electrons. The first kappa shape index (κ1) is 15.5. The first-order chi connectivity index (χ1) is 10.5. The first-order valence-electron chi connectivity index (χ1n) is 6.43. The Morgan fingerprint density at radius 2 is 2.05 bits per heavy atom. The van der Waals surface area contributed by atoms with Gasteiger partial charge in [-0.25, -0.2) is 4.79 Å². The third-order valence-electron chi connectivity index (χ3n) is 2.85. The number of carbonyl (C=O) groups excluding carboxylic acids is 3. The van der Waals surface area contributed by atoms with Crippen LogP contribution in [0.5, 0.6) is 0 Å². The number of benzene rings is 1. The molecule has 0 aliphatic rings. The molecule has 0 saturated carbocycles. The lowest BCUT2D eigenvalue weighted by atomic mass is 10.2. The molecule has 8 heteroatoms. The van der Waals surface area contributed by atoms with Gasteiger partial charge in [0.15, 0.2) is 11.7 Å². The lowest BCUT2D eigenvalue weighted by Crippen LogP contribution is -2.39. The molecule has 2 rings (SSSR count). The van der Waals surface area contributed by atoms with Crippen LogP contribution in [0.25, 0.3) is 11.0 Å². The zero-order valence-electron chi connectivity index (χ0n) is 12.0. The van der Waals surface area contributed by atoms with Crippen LogP contribution < -0.4 is 5.32 Å². The van der Waals surface area contributed by atoms with E-state index in [0.717, 1.165) is 7.11 Å². The molecule has 1 atom stereocenters. The molecule has 0 aliphatic heterocycles. The average Bonchev–Trinajstić information content (AvgIpc) is 2.90. The zero-order valence-corrected chi connectivity index (χ0v) is 12.0. The number of imide groups is 1. The lowest BCUT2D eigenvalue weighted by molar-refractivity contribution is -0.154. The molecule has 1 N–H and O–H groups in total. The van der Waals surface area contributed by atoms with E-state index in [9.17, 15) is 14.4 Å². The van der Waals surface area contributed by atoms with Crippen molar-refractivity contribution in [2.75, 3.05) is 7.11 Å². The van der Waals surface area contributed by atoms with Crippen molar-refractivity contribution in [3.8, 4) is 0 Å². The average molecular weight is 306 g/mol. The second kappa shape index (κ2) is 6.70. The maximum absolute atomic E-state index is 11.8. The van der Waals surface area contributed by atoms with Gasteiger partial charge in [0.25, 0.3) is 5.91 Å². The van der Waals surface area contributed by atoms with Gasteiger partial charge in [-0.3, -0.25) is 14.9 Å². The first-order valence-corrected chi connectivity index (χ1v) is 6.43. The maximum Gasteiger partial charge on any atom is 0.413 e. The van der Waals surface area contributed by atoms with Gasteiger partial charge in [-0.05, 0) is 19.1 Å². The highest BCUT2D eigenvalue weighted by molar-refractivity contribution is 5.95. The van der Waals surface area contributed by atoms with Crippen LogP contribution >= 0.6 is 0 Å². The van der Waals surface area contributed by atoms with Crippen LogP contribution in [0.15, 0.2) is 28.8 Å². The summed E-state index contributed by atoms with van der Waals surface area (Å²) in [7, 11) is 1.12. The van der Waals surface area contributed by atoms with Crippen LogP contribution in [0.2, 0.25) is 0 Å². The summed E-state index contributed by atoms with van der Waals surface area (Å²) in [6.07, 6.45) is -2.20. The molecule has 22 heavy (non-hydrogen) atoms. The Kier molecular flexibility index (Phi) is 4.72. The molecule has 0 saturated heterocycles. The van der Waals surface area contributed by atoms with E-state index >= 15 is 0 Å². The minimum atomic E-state index is -1.13. The second-order valence-electron chi connectivity index (χ2n) is 4.42. The number of ether oxygens (including phenoxy) is 2. The normalized spacial score (nSPS) is 11.7. The maximum atomic E-state index is 11.8. The Morgan fingerprint density at radius 3 is 2.77 bits per heavy atom. The topological polar surface area (TPSA) is 108 Å². The van der Waals surface area contributed by atoms with Crippen molar-refractivity contribution in [2.24, 2.45) is 0 Å². The number of fused-ring (bicyclic) bond motifs is 1. The number of nitrogens with one attached hydrogen (secondary N) is 1. The summed E-state index contributed by atoms with van der Waals surface area (Å²) >= 11 is 0. The zero-order chi connectivity index (χ0) is 16.1. The van der Waals surface area contributed by atoms with Gasteiger partial charge in [-0.15, -0.1) is 0 Å². The van der Waals surface area contributed by atoms with E-state index in [-0.39, 0.29) is 6.42 Å². The summed E-state index contributed by atoms with van der Waals surface area (Å²) in [6.45, 7) is 1.34. The van der Waals surface area contributed by atoms with Crippen LogP contribution in [0.4, 0.5) is 4.79 Å². The fourth-order valence-corrected chi connectivity index (χ4v) is 1.75. The molecule has 1 aromatic carbocycles. The van der Waals surface area contributed by atoms with Crippen molar-refractivity contribution in [3.05, 3.63) is 30.0 Å². The number of amides is 2. The molecule has 8 nitrogen and oxygen atoms in total. The van der Waals surface area contributed by atoms with Crippen molar-refractivity contribution in [1.82, 2.24) is 10.5 Å². The number of methoxy groups -OCH3 is 1. The van der Waals surface area contributed by atoms with E-state index in [0.29, 0.717) is 16.7 Å². The SMILES string of the molecule is COC(=O)NC(=O)[C@H](C)OC(=O)Cc1noc2ccccc12. The van der Waals surface area contributed by atoms with E-state index in [4.69, 9.17) is 9.26 Å². The Bertz CT molecular complexity index is 708. The van der Waals surface area contributed by atoms with Gasteiger partial charge in [0.1, 0.15) is 5.69 Å². The van der Waals surface area contributed by atoms with E-state index < -0.39 is 24.1 Å². The Labute approximate surface area is 125 Å². The van der Waals surface area contributed by atoms with Crippen LogP contribution in [0.1, 0.15) is 12.6 Å². The van der Waals surface area contributed by atoms with Gasteiger partial charge >= 0.3 is 12.1 Å². The summed E-state index contributed by atoms with van der Waals surface area (Å²) in [5.74, 6) is -1.43. The molecule has 0 spiro atoms. The third-order valence-corrected chi connectivity index (χ3v) is 2.85. The largest absolute Gasteiger partial charge is 0.453 e. The Morgan fingerprint density at radius 1 is 1.32 bits per heavy atom. The summed E-state index contributed by atoms with van der Waals surface area (Å²) in [4.78, 5) is 34.3. The Hall–Kier alpha value is -2.90. The monoisotopic (exact) mass is 306 g/mol. The quantitative estimate of drug-likeness (QED) is 0.845. The molecular weight excluding hydrogens is 292 g/mol. The number of hydrogen-bond donors (Lipinski definition) is 1. The number of aromatic nitrogens is 1. The molecule has 0 aliphatic carbocycles. The van der Waals surface area contributed by atoms with Crippen LogP contribution in [-0.4, -0.2) is 36.3 Å². The predicted molar refractivity (Wildman–Crippen MR) is 73.8 cm³/mol. The minimum Gasteiger partial charge on any atom is -0.453 e. The van der Waals surface area contributed by atoms with Crippen molar-refractivity contribution in [3.63, 3.8) is 0 Å². The third kappa shape index (κ3) is 3.60. The van der Waals surface area contributed by atoms with Gasteiger partial charge in [0.05, 0.1) is 13.5 Å². The molecule has 1 aromatic heterocycles. The molecule has 0 unspecified atom stereocenters. The van der Waals surface area contributed by atoms with Crippen LogP contribution in [-0.2, 0) is 25.5 Å². The van der Waals surface area contributed by atoms with Gasteiger partial charge in [0, 0.05) is 5.39 Å². The molecule has 1 heterocycles. The number of rotatable bonds is 4. The molecule has 0 bridgehead atoms. The van der Waals surface area contributed by atoms with E-state index in [1.54, 1.807) is 24.3 Å². The molecular formula is C14H14N2O6. The lowest BCUT2D eigenvalue weighted by Gasteiger charge is -2.11. The summed E-state index contributed by atoms with van der Waals surface area (Å²) in [5.41, 5.74) is 0.975. The highest BCUT2D eigenvalue weighted by atomic mass is 16.6. The molecule has 0 fully saturated rings. The number of nitrogens with zero attached hydrogens (tertiary/aromatic N) is 1. The number of carbonyl (C=O) groups is 3. The van der Waals surface area contributed by atoms with Crippen molar-refractivity contribution in [1.29, 1.82) is 0 Å². The van der Waals surface area contributed by atoms with Crippen LogP contribution in [0.3, 0.4) is 0 Å². The molecule has 116 valence electrons. The number of para-hydroxylation sites is 1. The highest BCUT2D eigenvalue weighted by Crippen LogP contribution is 2.18. The molecule has 2 amide bonds. The van der Waals surface area contributed by atoms with Crippen molar-refractivity contribution >= 4 is 28.9 Å². The summed E-state index contributed by atoms with van der Waals surface area (Å²) in [5, 5.41) is 6.41. The van der Waals surface area contributed by atoms with E-state index in [1.807, 2.05) is 5.32 Å². The van der Waals surface area contributed by atoms with Crippen molar-refractivity contribution < 1.29 is 28.4 Å². The number of hydrogen-bond acceptors (Lipinski definition) is 7. The Balaban J connectivity index is 1.95. The predicted octanol–water partition coefficient (Wildman–Crippen LogP) is 1.18. The van der Waals surface area contributed by atoms with Gasteiger partial charge in [-0.2, -0.15) is 0 Å². The smallest absolute Gasteiger partial charge is 0.413 e. The summed E-state index contributed by atoms with van der Waals surface area (Å²) < 4.78 is 14.3. The van der Waals surface area contributed by atoms with E-state index in [1.165, 1.54) is 6.92 Å². The van der Waals surface area contributed by atoms with Gasteiger partial charge < -0.3 is 14.0 Å². The highest BCUT2D eigenvalue weighted by Gasteiger charge is 2.21. The molecule has 2 aromatic rings. The number of alkyl carbamates (subject to hydrolysis) is 1. The van der Waals surface area contributed by atoms with Crippen molar-refractivity contribution in [2.45, 2.75) is 19.4 Å². The van der Waals surface area contributed by atoms with Crippen LogP contribution in [0, 0.1) is 0 Å².